The number of hydrogen-bond donors (Lipinski definition) is 7. The Bertz CT molecular complexity index is 2000. The standard InChI is InChI=1S/C41H60N8O10S/c1-25-21-32(58-7)26(2)27(3)36(25)60(56,57)49-40(42)44-20-14-17-29-37(53)43-19-13-9-12-18-33(50)47-30(22-28-15-10-8-11-16-28)39(55)48-31(23-35(52)59-41(4,5)6)38(54)45-24-34(51)46-29/h8,10-11,15-16,21,29-31H,9,12-14,17-20,22-24H2,1-7H3,(H,43,53)(H,45,54)(H,46,51)(H,47,50)(H,48,55)(H3,42,44,49)/t29-,30+,31-/m0/s1. The van der Waals surface area contributed by atoms with Crippen LogP contribution in [0.4, 0.5) is 0 Å². The molecule has 0 bridgehead atoms. The van der Waals surface area contributed by atoms with Crippen molar-refractivity contribution >= 4 is 51.5 Å². The molecule has 1 aliphatic rings. The first-order valence-corrected chi connectivity index (χ1v) is 21.4. The number of methoxy groups -OCH3 is 1. The number of guanidine groups is 1. The Kier molecular flexibility index (Phi) is 18.3. The molecule has 5 amide bonds. The topological polar surface area (TPSA) is 266 Å². The van der Waals surface area contributed by atoms with Crippen LogP contribution in [0.3, 0.4) is 0 Å². The molecular formula is C41H60N8O10S. The number of rotatable bonds is 11. The van der Waals surface area contributed by atoms with Gasteiger partial charge in [-0.3, -0.25) is 33.8 Å². The van der Waals surface area contributed by atoms with Crippen LogP contribution < -0.4 is 41.8 Å². The molecule has 60 heavy (non-hydrogen) atoms. The van der Waals surface area contributed by atoms with E-state index in [9.17, 15) is 37.2 Å². The molecular weight excluding hydrogens is 797 g/mol. The molecule has 0 radical (unpaired) electrons. The highest BCUT2D eigenvalue weighted by Crippen LogP contribution is 2.30. The second-order valence-electron chi connectivity index (χ2n) is 15.6. The lowest BCUT2D eigenvalue weighted by Crippen LogP contribution is -2.56. The number of nitrogens with zero attached hydrogens (tertiary/aromatic N) is 1. The molecule has 0 aliphatic carbocycles. The summed E-state index contributed by atoms with van der Waals surface area (Å²) in [6.45, 7) is 9.60. The molecule has 1 fully saturated rings. The SMILES string of the molecule is COc1cc(C)c(S(=O)(=O)NC(N)=NCCC[C@@H]2NC(=O)CNC(=O)[C@H](CC(=O)OC(C)(C)C)NC(=O)[C@@H](Cc3ccccc3)NC(=O)CCCCCNC2=O)c(C)c1C. The lowest BCUT2D eigenvalue weighted by Gasteiger charge is -2.25. The molecule has 0 unspecified atom stereocenters. The van der Waals surface area contributed by atoms with Crippen LogP contribution in [-0.4, -0.2) is 100 Å². The molecule has 1 aliphatic heterocycles. The zero-order chi connectivity index (χ0) is 44.6. The lowest BCUT2D eigenvalue weighted by molar-refractivity contribution is -0.156. The van der Waals surface area contributed by atoms with E-state index in [1.807, 2.05) is 6.07 Å². The smallest absolute Gasteiger partial charge is 0.308 e. The Hall–Kier alpha value is -5.72. The number of benzene rings is 2. The van der Waals surface area contributed by atoms with E-state index >= 15 is 0 Å². The normalized spacial score (nSPS) is 19.6. The number of ether oxygens (including phenoxy) is 2. The summed E-state index contributed by atoms with van der Waals surface area (Å²) >= 11 is 0. The Labute approximate surface area is 352 Å². The van der Waals surface area contributed by atoms with Crippen molar-refractivity contribution in [3.8, 4) is 5.75 Å². The third-order valence-electron chi connectivity index (χ3n) is 9.45. The first kappa shape index (κ1) is 48.6. The van der Waals surface area contributed by atoms with Gasteiger partial charge in [0.2, 0.25) is 35.5 Å². The van der Waals surface area contributed by atoms with Gasteiger partial charge in [0.1, 0.15) is 29.5 Å². The summed E-state index contributed by atoms with van der Waals surface area (Å²) in [5, 5.41) is 13.1. The van der Waals surface area contributed by atoms with Gasteiger partial charge in [-0.15, -0.1) is 0 Å². The van der Waals surface area contributed by atoms with Gasteiger partial charge in [0.25, 0.3) is 10.0 Å². The molecule has 18 nitrogen and oxygen atoms in total. The fraction of sp³-hybridized carbons (Fsp3) is 0.537. The molecule has 330 valence electrons. The zero-order valence-electron chi connectivity index (χ0n) is 35.5. The van der Waals surface area contributed by atoms with Gasteiger partial charge in [0, 0.05) is 25.9 Å². The van der Waals surface area contributed by atoms with Crippen molar-refractivity contribution in [2.75, 3.05) is 26.7 Å². The monoisotopic (exact) mass is 856 g/mol. The number of hydrogen-bond acceptors (Lipinski definition) is 11. The van der Waals surface area contributed by atoms with Crippen molar-refractivity contribution in [2.24, 2.45) is 10.7 Å². The predicted molar refractivity (Wildman–Crippen MR) is 224 cm³/mol. The number of amides is 5. The first-order valence-electron chi connectivity index (χ1n) is 19.9. The Morgan fingerprint density at radius 3 is 2.20 bits per heavy atom. The fourth-order valence-corrected chi connectivity index (χ4v) is 7.93. The summed E-state index contributed by atoms with van der Waals surface area (Å²) in [5.41, 5.74) is 7.42. The third kappa shape index (κ3) is 15.8. The van der Waals surface area contributed by atoms with Gasteiger partial charge in [-0.2, -0.15) is 0 Å². The minimum absolute atomic E-state index is 0.0102. The van der Waals surface area contributed by atoms with Crippen molar-refractivity contribution in [1.29, 1.82) is 0 Å². The maximum absolute atomic E-state index is 13.7. The first-order chi connectivity index (χ1) is 28.2. The average molecular weight is 857 g/mol. The molecule has 0 spiro atoms. The largest absolute Gasteiger partial charge is 0.496 e. The number of aryl methyl sites for hydroxylation is 1. The summed E-state index contributed by atoms with van der Waals surface area (Å²) in [4.78, 5) is 83.7. The maximum Gasteiger partial charge on any atom is 0.308 e. The molecule has 3 atom stereocenters. The highest BCUT2D eigenvalue weighted by molar-refractivity contribution is 7.90. The zero-order valence-corrected chi connectivity index (χ0v) is 36.3. The van der Waals surface area contributed by atoms with E-state index in [-0.39, 0.29) is 49.6 Å². The summed E-state index contributed by atoms with van der Waals surface area (Å²) in [7, 11) is -2.62. The van der Waals surface area contributed by atoms with Gasteiger partial charge >= 0.3 is 5.97 Å². The van der Waals surface area contributed by atoms with Gasteiger partial charge in [-0.1, -0.05) is 36.8 Å². The number of sulfonamides is 1. The quantitative estimate of drug-likeness (QED) is 0.0732. The van der Waals surface area contributed by atoms with Crippen molar-refractivity contribution in [3.63, 3.8) is 0 Å². The van der Waals surface area contributed by atoms with Crippen LogP contribution in [0.15, 0.2) is 46.3 Å². The molecule has 2 aromatic carbocycles. The number of esters is 1. The van der Waals surface area contributed by atoms with E-state index in [1.54, 1.807) is 71.9 Å². The average Bonchev–Trinajstić information content (AvgIpc) is 3.16. The predicted octanol–water partition coefficient (Wildman–Crippen LogP) is 1.23. The molecule has 8 N–H and O–H groups in total. The molecule has 0 saturated carbocycles. The number of nitrogens with two attached hydrogens (primary N) is 1. The van der Waals surface area contributed by atoms with Crippen LogP contribution in [0.25, 0.3) is 0 Å². The molecule has 1 saturated heterocycles. The van der Waals surface area contributed by atoms with Crippen molar-refractivity contribution in [3.05, 3.63) is 58.7 Å². The minimum atomic E-state index is -4.11. The summed E-state index contributed by atoms with van der Waals surface area (Å²) in [5.74, 6) is -3.85. The summed E-state index contributed by atoms with van der Waals surface area (Å²) in [6.07, 6.45) is 1.40. The maximum atomic E-state index is 13.7. The Morgan fingerprint density at radius 2 is 1.53 bits per heavy atom. The lowest BCUT2D eigenvalue weighted by atomic mass is 10.0. The van der Waals surface area contributed by atoms with Crippen molar-refractivity contribution < 1.29 is 46.7 Å². The second-order valence-corrected chi connectivity index (χ2v) is 17.2. The van der Waals surface area contributed by atoms with E-state index in [1.165, 1.54) is 7.11 Å². The van der Waals surface area contributed by atoms with Gasteiger partial charge in [-0.05, 0) is 95.5 Å². The van der Waals surface area contributed by atoms with Crippen LogP contribution in [0.5, 0.6) is 5.75 Å². The van der Waals surface area contributed by atoms with E-state index in [4.69, 9.17) is 15.2 Å². The number of carbonyl (C=O) groups is 6. The van der Waals surface area contributed by atoms with Crippen molar-refractivity contribution in [2.45, 2.75) is 122 Å². The van der Waals surface area contributed by atoms with E-state index in [2.05, 4.69) is 36.3 Å². The second kappa shape index (κ2) is 22.6. The van der Waals surface area contributed by atoms with Crippen LogP contribution in [0.1, 0.15) is 88.0 Å². The van der Waals surface area contributed by atoms with E-state index in [0.717, 1.165) is 5.56 Å². The van der Waals surface area contributed by atoms with Gasteiger partial charge in [0.15, 0.2) is 0 Å². The van der Waals surface area contributed by atoms with Gasteiger partial charge in [0.05, 0.1) is 25.0 Å². The molecule has 1 heterocycles. The molecule has 3 rings (SSSR count). The highest BCUT2D eigenvalue weighted by Gasteiger charge is 2.31. The van der Waals surface area contributed by atoms with Crippen LogP contribution in [0, 0.1) is 20.8 Å². The Balaban J connectivity index is 1.76. The third-order valence-corrected chi connectivity index (χ3v) is 11.1. The number of aliphatic imine (C=N–C) groups is 1. The van der Waals surface area contributed by atoms with Gasteiger partial charge < -0.3 is 41.8 Å². The fourth-order valence-electron chi connectivity index (χ4n) is 6.45. The number of nitrogens with one attached hydrogen (secondary N) is 6. The van der Waals surface area contributed by atoms with Crippen LogP contribution >= 0.6 is 0 Å². The van der Waals surface area contributed by atoms with Crippen LogP contribution in [-0.2, 0) is 49.9 Å². The van der Waals surface area contributed by atoms with E-state index < -0.39 is 82.2 Å². The molecule has 0 aromatic heterocycles. The summed E-state index contributed by atoms with van der Waals surface area (Å²) in [6, 6.07) is 6.92. The van der Waals surface area contributed by atoms with Crippen LogP contribution in [0.2, 0.25) is 0 Å². The summed E-state index contributed by atoms with van der Waals surface area (Å²) < 4.78 is 39.6. The minimum Gasteiger partial charge on any atom is -0.496 e. The molecule has 2 aromatic rings. The molecule has 19 heteroatoms. The highest BCUT2D eigenvalue weighted by atomic mass is 32.2. The number of carbonyl (C=O) groups excluding carboxylic acids is 6. The van der Waals surface area contributed by atoms with Crippen molar-refractivity contribution in [1.82, 2.24) is 31.3 Å². The van der Waals surface area contributed by atoms with Gasteiger partial charge in [-0.25, -0.2) is 13.1 Å². The Morgan fingerprint density at radius 1 is 0.867 bits per heavy atom. The van der Waals surface area contributed by atoms with E-state index in [0.29, 0.717) is 41.7 Å².